The molecule has 1 aliphatic rings. The van der Waals surface area contributed by atoms with E-state index in [0.29, 0.717) is 17.8 Å². The number of ether oxygens (including phenoxy) is 1. The number of hydrogen-bond donors (Lipinski definition) is 3. The van der Waals surface area contributed by atoms with Crippen LogP contribution in [0.4, 0.5) is 8.78 Å². The van der Waals surface area contributed by atoms with Crippen LogP contribution in [0.5, 0.6) is 0 Å². The summed E-state index contributed by atoms with van der Waals surface area (Å²) < 4.78 is 36.8. The smallest absolute Gasteiger partial charge is 0.254 e. The van der Waals surface area contributed by atoms with Crippen LogP contribution in [0.15, 0.2) is 72.9 Å². The van der Waals surface area contributed by atoms with E-state index in [1.807, 2.05) is 55.7 Å². The number of hydrogen-bond acceptors (Lipinski definition) is 7. The zero-order chi connectivity index (χ0) is 38.2. The number of rotatable bonds is 16. The van der Waals surface area contributed by atoms with Crippen LogP contribution in [-0.4, -0.2) is 89.3 Å². The van der Waals surface area contributed by atoms with Gasteiger partial charge in [0.05, 0.1) is 12.1 Å². The first kappa shape index (κ1) is 39.6. The molecule has 0 saturated heterocycles. The minimum atomic E-state index is -1.04. The SMILES string of the molecule is CO[C@@H](C)C(=O)N(CC[C@H](N)C(=O)NCCNC(=O)CN1C(=O)C=CC1=O)[C@@H](c1cc(-c2cc(F)ccc2F)cn1Cc1ccccc1)C(C)(C)C. The Bertz CT molecular complexity index is 1790. The van der Waals surface area contributed by atoms with Gasteiger partial charge in [0.1, 0.15) is 24.3 Å². The van der Waals surface area contributed by atoms with Crippen molar-refractivity contribution in [2.45, 2.75) is 58.8 Å². The predicted octanol–water partition coefficient (Wildman–Crippen LogP) is 3.31. The maximum Gasteiger partial charge on any atom is 0.254 e. The molecular weight excluding hydrogens is 674 g/mol. The summed E-state index contributed by atoms with van der Waals surface area (Å²) in [5.41, 5.74) is 7.82. The van der Waals surface area contributed by atoms with Gasteiger partial charge >= 0.3 is 0 Å². The first-order valence-electron chi connectivity index (χ1n) is 17.0. The van der Waals surface area contributed by atoms with Gasteiger partial charge in [0.25, 0.3) is 17.7 Å². The molecular formula is C38H46F2N6O6. The maximum atomic E-state index is 15.1. The highest BCUT2D eigenvalue weighted by atomic mass is 19.1. The van der Waals surface area contributed by atoms with Gasteiger partial charge in [0, 0.05) is 68.5 Å². The van der Waals surface area contributed by atoms with Crippen molar-refractivity contribution in [1.29, 1.82) is 0 Å². The molecule has 0 saturated carbocycles. The Morgan fingerprint density at radius 1 is 0.962 bits per heavy atom. The molecule has 5 amide bonds. The zero-order valence-corrected chi connectivity index (χ0v) is 30.0. The molecule has 0 bridgehead atoms. The summed E-state index contributed by atoms with van der Waals surface area (Å²) in [6.45, 7) is 7.55. The third kappa shape index (κ3) is 9.98. The second kappa shape index (κ2) is 17.3. The molecule has 2 aromatic carbocycles. The molecule has 3 aromatic rings. The lowest BCUT2D eigenvalue weighted by Gasteiger charge is -2.42. The molecule has 0 radical (unpaired) electrons. The van der Waals surface area contributed by atoms with Crippen molar-refractivity contribution < 1.29 is 37.5 Å². The van der Waals surface area contributed by atoms with Crippen molar-refractivity contribution >= 4 is 29.5 Å². The van der Waals surface area contributed by atoms with E-state index >= 15 is 4.39 Å². The molecule has 0 unspecified atom stereocenters. The van der Waals surface area contributed by atoms with Crippen LogP contribution >= 0.6 is 0 Å². The lowest BCUT2D eigenvalue weighted by Crippen LogP contribution is -2.50. The Kier molecular flexibility index (Phi) is 13.2. The normalized spacial score (nSPS) is 14.7. The van der Waals surface area contributed by atoms with E-state index in [1.165, 1.54) is 7.11 Å². The number of imide groups is 1. The fourth-order valence-corrected chi connectivity index (χ4v) is 6.03. The van der Waals surface area contributed by atoms with Crippen molar-refractivity contribution in [3.8, 4) is 11.1 Å². The lowest BCUT2D eigenvalue weighted by molar-refractivity contribution is -0.147. The summed E-state index contributed by atoms with van der Waals surface area (Å²) in [6.07, 6.45) is 3.12. The molecule has 4 rings (SSSR count). The number of halogens is 2. The summed E-state index contributed by atoms with van der Waals surface area (Å²) in [5, 5.41) is 5.20. The molecule has 2 heterocycles. The predicted molar refractivity (Wildman–Crippen MR) is 190 cm³/mol. The molecule has 0 spiro atoms. The van der Waals surface area contributed by atoms with Crippen molar-refractivity contribution in [2.75, 3.05) is 33.3 Å². The largest absolute Gasteiger partial charge is 0.372 e. The third-order valence-corrected chi connectivity index (χ3v) is 8.73. The van der Waals surface area contributed by atoms with Crippen LogP contribution in [0.1, 0.15) is 51.4 Å². The second-order valence-corrected chi connectivity index (χ2v) is 13.7. The average Bonchev–Trinajstić information content (AvgIpc) is 3.65. The van der Waals surface area contributed by atoms with Crippen molar-refractivity contribution in [1.82, 2.24) is 25.0 Å². The van der Waals surface area contributed by atoms with Crippen molar-refractivity contribution in [3.05, 3.63) is 95.8 Å². The second-order valence-electron chi connectivity index (χ2n) is 13.7. The van der Waals surface area contributed by atoms with E-state index in [4.69, 9.17) is 10.5 Å². The van der Waals surface area contributed by atoms with Crippen LogP contribution in [0.2, 0.25) is 0 Å². The summed E-state index contributed by atoms with van der Waals surface area (Å²) in [4.78, 5) is 65.0. The Labute approximate surface area is 302 Å². The van der Waals surface area contributed by atoms with Crippen LogP contribution < -0.4 is 16.4 Å². The monoisotopic (exact) mass is 720 g/mol. The van der Waals surface area contributed by atoms with Gasteiger partial charge in [-0.05, 0) is 48.6 Å². The molecule has 0 aliphatic carbocycles. The third-order valence-electron chi connectivity index (χ3n) is 8.73. The molecule has 0 fully saturated rings. The Hall–Kier alpha value is -5.21. The number of nitrogens with two attached hydrogens (primary N) is 1. The summed E-state index contributed by atoms with van der Waals surface area (Å²) in [6, 6.07) is 13.0. The number of carbonyl (C=O) groups is 5. The van der Waals surface area contributed by atoms with Crippen LogP contribution in [0.25, 0.3) is 11.1 Å². The van der Waals surface area contributed by atoms with Crippen molar-refractivity contribution in [3.63, 3.8) is 0 Å². The van der Waals surface area contributed by atoms with Gasteiger partial charge in [-0.1, -0.05) is 51.1 Å². The number of carbonyl (C=O) groups excluding carboxylic acids is 5. The molecule has 278 valence electrons. The van der Waals surface area contributed by atoms with Gasteiger partial charge in [-0.2, -0.15) is 0 Å². The molecule has 3 atom stereocenters. The maximum absolute atomic E-state index is 15.1. The van der Waals surface area contributed by atoms with Gasteiger partial charge in [0.15, 0.2) is 0 Å². The quantitative estimate of drug-likeness (QED) is 0.152. The number of nitrogens with one attached hydrogen (secondary N) is 2. The minimum Gasteiger partial charge on any atom is -0.372 e. The molecule has 1 aliphatic heterocycles. The Morgan fingerprint density at radius 2 is 1.62 bits per heavy atom. The van der Waals surface area contributed by atoms with E-state index in [9.17, 15) is 28.4 Å². The fourth-order valence-electron chi connectivity index (χ4n) is 6.03. The van der Waals surface area contributed by atoms with Gasteiger partial charge in [-0.25, -0.2) is 8.78 Å². The van der Waals surface area contributed by atoms with Gasteiger partial charge in [-0.3, -0.25) is 28.9 Å². The highest BCUT2D eigenvalue weighted by Gasteiger charge is 2.39. The highest BCUT2D eigenvalue weighted by molar-refractivity contribution is 6.14. The van der Waals surface area contributed by atoms with Crippen LogP contribution in [0, 0.1) is 17.0 Å². The number of methoxy groups -OCH3 is 1. The lowest BCUT2D eigenvalue weighted by atomic mass is 9.82. The first-order chi connectivity index (χ1) is 24.6. The van der Waals surface area contributed by atoms with E-state index in [-0.39, 0.29) is 37.5 Å². The summed E-state index contributed by atoms with van der Waals surface area (Å²) in [5.74, 6) is -3.78. The molecule has 1 aromatic heterocycles. The molecule has 14 heteroatoms. The van der Waals surface area contributed by atoms with Crippen LogP contribution in [-0.2, 0) is 35.3 Å². The number of amides is 5. The van der Waals surface area contributed by atoms with Gasteiger partial charge < -0.3 is 30.6 Å². The molecule has 4 N–H and O–H groups in total. The van der Waals surface area contributed by atoms with E-state index in [1.54, 1.807) is 24.1 Å². The van der Waals surface area contributed by atoms with Gasteiger partial charge in [-0.15, -0.1) is 0 Å². The summed E-state index contributed by atoms with van der Waals surface area (Å²) >= 11 is 0. The summed E-state index contributed by atoms with van der Waals surface area (Å²) in [7, 11) is 1.42. The molecule has 12 nitrogen and oxygen atoms in total. The molecule has 52 heavy (non-hydrogen) atoms. The van der Waals surface area contributed by atoms with Crippen molar-refractivity contribution in [2.24, 2.45) is 11.1 Å². The van der Waals surface area contributed by atoms with E-state index < -0.39 is 65.4 Å². The van der Waals surface area contributed by atoms with Crippen LogP contribution in [0.3, 0.4) is 0 Å². The van der Waals surface area contributed by atoms with E-state index in [2.05, 4.69) is 10.6 Å². The highest BCUT2D eigenvalue weighted by Crippen LogP contribution is 2.41. The first-order valence-corrected chi connectivity index (χ1v) is 17.0. The zero-order valence-electron chi connectivity index (χ0n) is 30.0. The van der Waals surface area contributed by atoms with Gasteiger partial charge in [0.2, 0.25) is 11.8 Å². The number of aromatic nitrogens is 1. The average molecular weight is 721 g/mol. The topological polar surface area (TPSA) is 156 Å². The number of nitrogens with zero attached hydrogens (tertiary/aromatic N) is 3. The van der Waals surface area contributed by atoms with E-state index in [0.717, 1.165) is 40.8 Å². The standard InChI is InChI=1S/C38H46F2N6O6/c1-24(52-5)37(51)45(18-15-30(41)36(50)43-17-16-42-32(47)23-46-33(48)13-14-34(46)49)35(38(2,3)4)31-19-26(28-20-27(39)11-12-29(28)40)22-44(31)21-25-9-7-6-8-10-25/h6-14,19-20,22,24,30,35H,15-18,21,23,41H2,1-5H3,(H,42,47)(H,43,50)/t24-,30-,35-/m0/s1. The Balaban J connectivity index is 1.55. The Morgan fingerprint density at radius 3 is 2.25 bits per heavy atom. The number of benzene rings is 2. The fraction of sp³-hybridized carbons (Fsp3) is 0.395. The minimum absolute atomic E-state index is 0.0235.